The lowest BCUT2D eigenvalue weighted by molar-refractivity contribution is -0.132. The zero-order chi connectivity index (χ0) is 17.6. The largest absolute Gasteiger partial charge is 0.478 e. The van der Waals surface area contributed by atoms with E-state index in [1.807, 2.05) is 23.1 Å². The van der Waals surface area contributed by atoms with Gasteiger partial charge in [0.15, 0.2) is 0 Å². The third-order valence-electron chi connectivity index (χ3n) is 4.37. The molecule has 1 saturated heterocycles. The van der Waals surface area contributed by atoms with Crippen LogP contribution in [0, 0.1) is 0 Å². The lowest BCUT2D eigenvalue weighted by Crippen LogP contribution is -2.39. The summed E-state index contributed by atoms with van der Waals surface area (Å²) in [6, 6.07) is 10.3. The van der Waals surface area contributed by atoms with Crippen molar-refractivity contribution in [2.45, 2.75) is 30.2 Å². The molecule has 1 aromatic heterocycles. The molecule has 0 atom stereocenters. The average molecular weight is 359 g/mol. The van der Waals surface area contributed by atoms with E-state index in [1.165, 1.54) is 11.1 Å². The number of amides is 1. The second-order valence-electron chi connectivity index (χ2n) is 6.04. The minimum atomic E-state index is -0.963. The quantitative estimate of drug-likeness (QED) is 0.803. The predicted molar refractivity (Wildman–Crippen MR) is 95.8 cm³/mol. The van der Waals surface area contributed by atoms with Gasteiger partial charge in [0.1, 0.15) is 0 Å². The molecule has 1 aliphatic heterocycles. The Labute approximate surface area is 150 Å². The number of carboxylic acid groups (broad SMARTS) is 1. The van der Waals surface area contributed by atoms with Crippen LogP contribution in [-0.2, 0) is 4.79 Å². The number of aromatic carboxylic acids is 1. The molecule has 2 heterocycles. The third kappa shape index (κ3) is 4.63. The lowest BCUT2D eigenvalue weighted by atomic mass is 10.1. The minimum absolute atomic E-state index is 0.163. The molecule has 132 valence electrons. The first-order valence-electron chi connectivity index (χ1n) is 8.36. The van der Waals surface area contributed by atoms with Gasteiger partial charge >= 0.3 is 5.97 Å². The standard InChI is InChI=1S/C18H21N3O3S/c22-17(8-11-25-16-4-2-1-3-5-16)20-9-6-15(7-10-20)21-13-14(12-19-21)18(23)24/h1-5,12-13,15H,6-11H2,(H,23,24). The highest BCUT2D eigenvalue weighted by Gasteiger charge is 2.24. The summed E-state index contributed by atoms with van der Waals surface area (Å²) in [5.41, 5.74) is 0.205. The highest BCUT2D eigenvalue weighted by Crippen LogP contribution is 2.24. The summed E-state index contributed by atoms with van der Waals surface area (Å²) in [6.45, 7) is 1.39. The molecule has 1 amide bonds. The average Bonchev–Trinajstić information content (AvgIpc) is 3.13. The summed E-state index contributed by atoms with van der Waals surface area (Å²) in [7, 11) is 0. The molecule has 0 bridgehead atoms. The van der Waals surface area contributed by atoms with Crippen LogP contribution in [0.2, 0.25) is 0 Å². The van der Waals surface area contributed by atoms with Crippen molar-refractivity contribution >= 4 is 23.6 Å². The van der Waals surface area contributed by atoms with E-state index in [9.17, 15) is 9.59 Å². The summed E-state index contributed by atoms with van der Waals surface area (Å²) in [5, 5.41) is 13.1. The number of aromatic nitrogens is 2. The van der Waals surface area contributed by atoms with E-state index >= 15 is 0 Å². The van der Waals surface area contributed by atoms with Crippen molar-refractivity contribution in [3.63, 3.8) is 0 Å². The van der Waals surface area contributed by atoms with Gasteiger partial charge in [0, 0.05) is 36.4 Å². The summed E-state index contributed by atoms with van der Waals surface area (Å²) in [6.07, 6.45) is 5.09. The number of carbonyl (C=O) groups excluding carboxylic acids is 1. The minimum Gasteiger partial charge on any atom is -0.478 e. The van der Waals surface area contributed by atoms with Gasteiger partial charge in [-0.2, -0.15) is 5.10 Å². The molecule has 7 heteroatoms. The van der Waals surface area contributed by atoms with E-state index in [2.05, 4.69) is 17.2 Å². The van der Waals surface area contributed by atoms with Gasteiger partial charge in [-0.05, 0) is 25.0 Å². The Morgan fingerprint density at radius 3 is 2.56 bits per heavy atom. The van der Waals surface area contributed by atoms with Gasteiger partial charge in [-0.15, -0.1) is 11.8 Å². The molecule has 0 spiro atoms. The van der Waals surface area contributed by atoms with Crippen molar-refractivity contribution in [3.8, 4) is 0 Å². The van der Waals surface area contributed by atoms with E-state index in [4.69, 9.17) is 5.11 Å². The van der Waals surface area contributed by atoms with Crippen LogP contribution in [0.1, 0.15) is 35.7 Å². The van der Waals surface area contributed by atoms with E-state index in [-0.39, 0.29) is 17.5 Å². The first kappa shape index (κ1) is 17.5. The van der Waals surface area contributed by atoms with Gasteiger partial charge in [-0.3, -0.25) is 9.48 Å². The number of nitrogens with zero attached hydrogens (tertiary/aromatic N) is 3. The first-order chi connectivity index (χ1) is 12.1. The Kier molecular flexibility index (Phi) is 5.75. The van der Waals surface area contributed by atoms with Crippen LogP contribution in [0.25, 0.3) is 0 Å². The van der Waals surface area contributed by atoms with Gasteiger partial charge in [-0.1, -0.05) is 18.2 Å². The molecular weight excluding hydrogens is 338 g/mol. The van der Waals surface area contributed by atoms with Gasteiger partial charge in [0.05, 0.1) is 17.8 Å². The number of hydrogen-bond acceptors (Lipinski definition) is 4. The molecule has 0 unspecified atom stereocenters. The van der Waals surface area contributed by atoms with Crippen LogP contribution in [0.5, 0.6) is 0 Å². The van der Waals surface area contributed by atoms with E-state index < -0.39 is 5.97 Å². The maximum atomic E-state index is 12.3. The van der Waals surface area contributed by atoms with Gasteiger partial charge in [0.25, 0.3) is 0 Å². The predicted octanol–water partition coefficient (Wildman–Crippen LogP) is 2.93. The number of likely N-dealkylation sites (tertiary alicyclic amines) is 1. The number of carboxylic acids is 1. The molecule has 0 aliphatic carbocycles. The number of piperidine rings is 1. The van der Waals surface area contributed by atoms with Crippen molar-refractivity contribution in [2.75, 3.05) is 18.8 Å². The van der Waals surface area contributed by atoms with Gasteiger partial charge in [-0.25, -0.2) is 4.79 Å². The summed E-state index contributed by atoms with van der Waals surface area (Å²) in [4.78, 5) is 26.4. The molecule has 1 aliphatic rings. The van der Waals surface area contributed by atoms with Crippen LogP contribution in [0.3, 0.4) is 0 Å². The number of rotatable bonds is 6. The van der Waals surface area contributed by atoms with Crippen molar-refractivity contribution in [2.24, 2.45) is 0 Å². The van der Waals surface area contributed by atoms with Crippen LogP contribution < -0.4 is 0 Å². The Balaban J connectivity index is 1.43. The molecule has 0 radical (unpaired) electrons. The highest BCUT2D eigenvalue weighted by molar-refractivity contribution is 7.99. The normalized spacial score (nSPS) is 15.3. The summed E-state index contributed by atoms with van der Waals surface area (Å²) < 4.78 is 1.72. The SMILES string of the molecule is O=C(O)c1cnn(C2CCN(C(=O)CCSc3ccccc3)CC2)c1. The lowest BCUT2D eigenvalue weighted by Gasteiger charge is -2.32. The van der Waals surface area contributed by atoms with E-state index in [0.29, 0.717) is 19.5 Å². The third-order valence-corrected chi connectivity index (χ3v) is 5.38. The van der Waals surface area contributed by atoms with Crippen LogP contribution in [0.4, 0.5) is 0 Å². The maximum absolute atomic E-state index is 12.3. The molecule has 0 saturated carbocycles. The second-order valence-corrected chi connectivity index (χ2v) is 7.21. The number of thioether (sulfide) groups is 1. The van der Waals surface area contributed by atoms with Crippen molar-refractivity contribution in [1.82, 2.24) is 14.7 Å². The number of carbonyl (C=O) groups is 2. The maximum Gasteiger partial charge on any atom is 0.338 e. The monoisotopic (exact) mass is 359 g/mol. The van der Waals surface area contributed by atoms with Gasteiger partial charge < -0.3 is 10.0 Å². The fourth-order valence-electron chi connectivity index (χ4n) is 2.96. The second kappa shape index (κ2) is 8.20. The molecule has 25 heavy (non-hydrogen) atoms. The Bertz CT molecular complexity index is 724. The Hall–Kier alpha value is -2.28. The molecule has 1 aromatic carbocycles. The molecular formula is C18H21N3O3S. The molecule has 1 fully saturated rings. The Morgan fingerprint density at radius 1 is 1.20 bits per heavy atom. The zero-order valence-corrected chi connectivity index (χ0v) is 14.7. The summed E-state index contributed by atoms with van der Waals surface area (Å²) >= 11 is 1.70. The first-order valence-corrected chi connectivity index (χ1v) is 9.35. The molecule has 2 aromatic rings. The Morgan fingerprint density at radius 2 is 1.92 bits per heavy atom. The summed E-state index contributed by atoms with van der Waals surface area (Å²) in [5.74, 6) is 0.00697. The fraction of sp³-hybridized carbons (Fsp3) is 0.389. The number of hydrogen-bond donors (Lipinski definition) is 1. The van der Waals surface area contributed by atoms with Gasteiger partial charge in [0.2, 0.25) is 5.91 Å². The van der Waals surface area contributed by atoms with Crippen molar-refractivity contribution in [1.29, 1.82) is 0 Å². The molecule has 6 nitrogen and oxygen atoms in total. The molecule has 3 rings (SSSR count). The van der Waals surface area contributed by atoms with Crippen molar-refractivity contribution < 1.29 is 14.7 Å². The smallest absolute Gasteiger partial charge is 0.338 e. The van der Waals surface area contributed by atoms with Crippen LogP contribution in [-0.4, -0.2) is 50.5 Å². The van der Waals surface area contributed by atoms with E-state index in [0.717, 1.165) is 18.6 Å². The van der Waals surface area contributed by atoms with E-state index in [1.54, 1.807) is 22.6 Å². The fourth-order valence-corrected chi connectivity index (χ4v) is 3.82. The topological polar surface area (TPSA) is 75.4 Å². The highest BCUT2D eigenvalue weighted by atomic mass is 32.2. The number of benzene rings is 1. The van der Waals surface area contributed by atoms with Crippen LogP contribution >= 0.6 is 11.8 Å². The van der Waals surface area contributed by atoms with Crippen LogP contribution in [0.15, 0.2) is 47.6 Å². The zero-order valence-electron chi connectivity index (χ0n) is 13.9. The molecule has 1 N–H and O–H groups in total. The van der Waals surface area contributed by atoms with Crippen molar-refractivity contribution in [3.05, 3.63) is 48.3 Å².